The van der Waals surface area contributed by atoms with Gasteiger partial charge in [-0.25, -0.2) is 0 Å². The second-order valence-electron chi connectivity index (χ2n) is 2.89. The number of benzene rings is 1. The van der Waals surface area contributed by atoms with Crippen LogP contribution in [-0.4, -0.2) is 12.5 Å². The Labute approximate surface area is 92.6 Å². The predicted octanol–water partition coefficient (Wildman–Crippen LogP) is 1.50. The van der Waals surface area contributed by atoms with E-state index in [0.717, 1.165) is 0 Å². The van der Waals surface area contributed by atoms with Crippen molar-refractivity contribution < 1.29 is 4.79 Å². The van der Waals surface area contributed by atoms with E-state index in [1.807, 2.05) is 6.07 Å². The Hall–Kier alpha value is -1.57. The smallest absolute Gasteiger partial charge is 0.225 e. The van der Waals surface area contributed by atoms with Crippen LogP contribution in [0.2, 0.25) is 5.02 Å². The van der Waals surface area contributed by atoms with Gasteiger partial charge in [0.1, 0.15) is 0 Å². The van der Waals surface area contributed by atoms with E-state index in [-0.39, 0.29) is 12.3 Å². The van der Waals surface area contributed by atoms with Gasteiger partial charge in [-0.15, -0.1) is 0 Å². The first kappa shape index (κ1) is 11.5. The Morgan fingerprint density at radius 1 is 1.60 bits per heavy atom. The Morgan fingerprint density at radius 2 is 2.33 bits per heavy atom. The molecule has 78 valence electrons. The van der Waals surface area contributed by atoms with Crippen molar-refractivity contribution in [2.75, 3.05) is 11.9 Å². The number of hydrogen-bond acceptors (Lipinski definition) is 3. The maximum absolute atomic E-state index is 11.2. The van der Waals surface area contributed by atoms with E-state index in [1.165, 1.54) is 6.07 Å². The Kier molecular flexibility index (Phi) is 4.10. The van der Waals surface area contributed by atoms with Crippen molar-refractivity contribution >= 4 is 23.2 Å². The highest BCUT2D eigenvalue weighted by Crippen LogP contribution is 2.22. The molecule has 0 aliphatic rings. The van der Waals surface area contributed by atoms with Gasteiger partial charge >= 0.3 is 0 Å². The van der Waals surface area contributed by atoms with Crippen molar-refractivity contribution in [1.82, 2.24) is 0 Å². The molecule has 0 spiro atoms. The van der Waals surface area contributed by atoms with Crippen LogP contribution < -0.4 is 11.1 Å². The summed E-state index contributed by atoms with van der Waals surface area (Å²) in [5.41, 5.74) is 6.18. The molecule has 0 atom stereocenters. The van der Waals surface area contributed by atoms with Crippen molar-refractivity contribution in [3.8, 4) is 6.07 Å². The average Bonchev–Trinajstić information content (AvgIpc) is 2.21. The molecular weight excluding hydrogens is 214 g/mol. The zero-order valence-electron chi connectivity index (χ0n) is 7.96. The van der Waals surface area contributed by atoms with Crippen molar-refractivity contribution in [1.29, 1.82) is 5.26 Å². The van der Waals surface area contributed by atoms with Crippen molar-refractivity contribution in [3.05, 3.63) is 28.8 Å². The zero-order chi connectivity index (χ0) is 11.3. The molecule has 0 saturated heterocycles. The van der Waals surface area contributed by atoms with Crippen LogP contribution in [0, 0.1) is 11.3 Å². The van der Waals surface area contributed by atoms with Crippen LogP contribution in [0.25, 0.3) is 0 Å². The minimum atomic E-state index is -0.191. The molecule has 0 radical (unpaired) electrons. The van der Waals surface area contributed by atoms with Crippen molar-refractivity contribution in [2.45, 2.75) is 6.42 Å². The van der Waals surface area contributed by atoms with Crippen LogP contribution in [0.5, 0.6) is 0 Å². The van der Waals surface area contributed by atoms with E-state index in [1.54, 1.807) is 12.1 Å². The van der Waals surface area contributed by atoms with E-state index in [0.29, 0.717) is 22.8 Å². The first-order valence-electron chi connectivity index (χ1n) is 4.37. The molecule has 1 aromatic rings. The molecule has 0 heterocycles. The van der Waals surface area contributed by atoms with Crippen LogP contribution in [0.3, 0.4) is 0 Å². The lowest BCUT2D eigenvalue weighted by atomic mass is 10.2. The minimum Gasteiger partial charge on any atom is -0.330 e. The third kappa shape index (κ3) is 3.24. The van der Waals surface area contributed by atoms with Gasteiger partial charge in [0, 0.05) is 13.0 Å². The van der Waals surface area contributed by atoms with Gasteiger partial charge < -0.3 is 11.1 Å². The van der Waals surface area contributed by atoms with E-state index < -0.39 is 0 Å². The number of nitrogens with two attached hydrogens (primary N) is 1. The number of carbonyl (C=O) groups is 1. The molecule has 0 saturated carbocycles. The van der Waals surface area contributed by atoms with Gasteiger partial charge in [-0.05, 0) is 18.2 Å². The second-order valence-corrected chi connectivity index (χ2v) is 3.30. The molecule has 0 aliphatic heterocycles. The third-order valence-corrected chi connectivity index (χ3v) is 2.06. The summed E-state index contributed by atoms with van der Waals surface area (Å²) in [4.78, 5) is 11.2. The van der Waals surface area contributed by atoms with E-state index >= 15 is 0 Å². The standard InChI is InChI=1S/C10H10ClN3O/c11-8-5-7(6-13)1-2-9(8)14-10(15)3-4-12/h1-2,5H,3-4,12H2,(H,14,15). The summed E-state index contributed by atoms with van der Waals surface area (Å²) in [5.74, 6) is -0.191. The number of nitriles is 1. The maximum Gasteiger partial charge on any atom is 0.225 e. The lowest BCUT2D eigenvalue weighted by Crippen LogP contribution is -2.16. The Bertz CT molecular complexity index is 412. The summed E-state index contributed by atoms with van der Waals surface area (Å²) >= 11 is 5.86. The van der Waals surface area contributed by atoms with E-state index in [4.69, 9.17) is 22.6 Å². The molecule has 5 heteroatoms. The average molecular weight is 224 g/mol. The largest absolute Gasteiger partial charge is 0.330 e. The zero-order valence-corrected chi connectivity index (χ0v) is 8.71. The summed E-state index contributed by atoms with van der Waals surface area (Å²) in [6.45, 7) is 0.291. The topological polar surface area (TPSA) is 78.9 Å². The molecule has 4 nitrogen and oxygen atoms in total. The summed E-state index contributed by atoms with van der Waals surface area (Å²) in [6.07, 6.45) is 0.246. The molecule has 1 rings (SSSR count). The number of nitrogens with one attached hydrogen (secondary N) is 1. The Balaban J connectivity index is 2.79. The monoisotopic (exact) mass is 223 g/mol. The van der Waals surface area contributed by atoms with Gasteiger partial charge in [0.05, 0.1) is 22.3 Å². The molecule has 0 aromatic heterocycles. The molecule has 1 amide bonds. The molecule has 0 fully saturated rings. The quantitative estimate of drug-likeness (QED) is 0.815. The lowest BCUT2D eigenvalue weighted by Gasteiger charge is -2.06. The van der Waals surface area contributed by atoms with Crippen LogP contribution in [0.1, 0.15) is 12.0 Å². The van der Waals surface area contributed by atoms with E-state index in [2.05, 4.69) is 5.32 Å². The number of rotatable bonds is 3. The highest BCUT2D eigenvalue weighted by Gasteiger charge is 2.05. The van der Waals surface area contributed by atoms with Crippen molar-refractivity contribution in [2.24, 2.45) is 5.73 Å². The van der Waals surface area contributed by atoms with Gasteiger partial charge in [0.2, 0.25) is 5.91 Å². The molecule has 0 bridgehead atoms. The third-order valence-electron chi connectivity index (χ3n) is 1.74. The lowest BCUT2D eigenvalue weighted by molar-refractivity contribution is -0.116. The summed E-state index contributed by atoms with van der Waals surface area (Å²) < 4.78 is 0. The summed E-state index contributed by atoms with van der Waals surface area (Å²) in [5, 5.41) is 11.6. The molecule has 15 heavy (non-hydrogen) atoms. The fraction of sp³-hybridized carbons (Fsp3) is 0.200. The fourth-order valence-corrected chi connectivity index (χ4v) is 1.26. The van der Waals surface area contributed by atoms with Gasteiger partial charge in [-0.3, -0.25) is 4.79 Å². The summed E-state index contributed by atoms with van der Waals surface area (Å²) in [7, 11) is 0. The van der Waals surface area contributed by atoms with Crippen LogP contribution in [-0.2, 0) is 4.79 Å². The number of nitrogens with zero attached hydrogens (tertiary/aromatic N) is 1. The molecule has 0 aliphatic carbocycles. The predicted molar refractivity (Wildman–Crippen MR) is 58.5 cm³/mol. The first-order valence-corrected chi connectivity index (χ1v) is 4.74. The maximum atomic E-state index is 11.2. The minimum absolute atomic E-state index is 0.191. The second kappa shape index (κ2) is 5.35. The highest BCUT2D eigenvalue weighted by molar-refractivity contribution is 6.33. The number of carbonyl (C=O) groups excluding carboxylic acids is 1. The fourth-order valence-electron chi connectivity index (χ4n) is 1.03. The van der Waals surface area contributed by atoms with Crippen LogP contribution in [0.4, 0.5) is 5.69 Å². The SMILES string of the molecule is N#Cc1ccc(NC(=O)CCN)c(Cl)c1. The molecular formula is C10H10ClN3O. The van der Waals surface area contributed by atoms with E-state index in [9.17, 15) is 4.79 Å². The molecule has 1 aromatic carbocycles. The van der Waals surface area contributed by atoms with Crippen LogP contribution in [0.15, 0.2) is 18.2 Å². The normalized spacial score (nSPS) is 9.40. The van der Waals surface area contributed by atoms with Gasteiger partial charge in [0.25, 0.3) is 0 Å². The van der Waals surface area contributed by atoms with Gasteiger partial charge in [0.15, 0.2) is 0 Å². The van der Waals surface area contributed by atoms with Crippen LogP contribution >= 0.6 is 11.6 Å². The number of anilines is 1. The highest BCUT2D eigenvalue weighted by atomic mass is 35.5. The van der Waals surface area contributed by atoms with Crippen molar-refractivity contribution in [3.63, 3.8) is 0 Å². The summed E-state index contributed by atoms with van der Waals surface area (Å²) in [6, 6.07) is 6.64. The number of hydrogen-bond donors (Lipinski definition) is 2. The number of amides is 1. The molecule has 3 N–H and O–H groups in total. The number of halogens is 1. The molecule has 0 unspecified atom stereocenters. The Morgan fingerprint density at radius 3 is 2.87 bits per heavy atom. The first-order chi connectivity index (χ1) is 7.17. The van der Waals surface area contributed by atoms with Gasteiger partial charge in [-0.1, -0.05) is 11.6 Å². The van der Waals surface area contributed by atoms with Gasteiger partial charge in [-0.2, -0.15) is 5.26 Å².